The van der Waals surface area contributed by atoms with Crippen LogP contribution in [0.2, 0.25) is 0 Å². The summed E-state index contributed by atoms with van der Waals surface area (Å²) >= 11 is 0. The van der Waals surface area contributed by atoms with Crippen molar-refractivity contribution in [3.8, 4) is 11.5 Å². The first kappa shape index (κ1) is 17.3. The summed E-state index contributed by atoms with van der Waals surface area (Å²) in [5.74, 6) is 0.643. The molecule has 0 bridgehead atoms. The van der Waals surface area contributed by atoms with Crippen LogP contribution in [0.25, 0.3) is 0 Å². The lowest BCUT2D eigenvalue weighted by atomic mass is 10.2. The van der Waals surface area contributed by atoms with Crippen LogP contribution in [0.3, 0.4) is 0 Å². The van der Waals surface area contributed by atoms with Crippen LogP contribution in [0.15, 0.2) is 46.4 Å². The summed E-state index contributed by atoms with van der Waals surface area (Å²) in [7, 11) is 3.14. The van der Waals surface area contributed by atoms with Crippen molar-refractivity contribution in [2.24, 2.45) is 12.1 Å². The Morgan fingerprint density at radius 3 is 2.83 bits per heavy atom. The number of benzene rings is 1. The topological polar surface area (TPSA) is 81.9 Å². The zero-order chi connectivity index (χ0) is 17.5. The van der Waals surface area contributed by atoms with E-state index in [9.17, 15) is 9.59 Å². The fourth-order valence-corrected chi connectivity index (χ4v) is 2.04. The lowest BCUT2D eigenvalue weighted by Gasteiger charge is -2.09. The van der Waals surface area contributed by atoms with Gasteiger partial charge in [0.2, 0.25) is 0 Å². The van der Waals surface area contributed by atoms with Gasteiger partial charge in [-0.05, 0) is 42.8 Å². The normalized spacial score (nSPS) is 10.6. The van der Waals surface area contributed by atoms with E-state index < -0.39 is 5.91 Å². The molecule has 126 valence electrons. The molecular weight excluding hydrogens is 310 g/mol. The molecule has 0 aliphatic heterocycles. The van der Waals surface area contributed by atoms with Gasteiger partial charge >= 0.3 is 0 Å². The van der Waals surface area contributed by atoms with Crippen molar-refractivity contribution >= 4 is 12.1 Å². The molecule has 0 spiro atoms. The maximum Gasteiger partial charge on any atom is 0.276 e. The van der Waals surface area contributed by atoms with Crippen molar-refractivity contribution in [1.29, 1.82) is 0 Å². The first-order chi connectivity index (χ1) is 11.6. The van der Waals surface area contributed by atoms with Gasteiger partial charge in [-0.1, -0.05) is 0 Å². The molecule has 0 saturated carbocycles. The van der Waals surface area contributed by atoms with E-state index in [1.165, 1.54) is 16.8 Å². The van der Waals surface area contributed by atoms with E-state index in [1.807, 2.05) is 6.92 Å². The number of nitrogens with one attached hydrogen (secondary N) is 1. The molecule has 1 amide bonds. The number of carbonyl (C=O) groups is 1. The number of carbonyl (C=O) groups excluding carboxylic acids is 1. The Kier molecular flexibility index (Phi) is 5.73. The predicted molar refractivity (Wildman–Crippen MR) is 90.9 cm³/mol. The van der Waals surface area contributed by atoms with Crippen LogP contribution in [-0.2, 0) is 7.05 Å². The van der Waals surface area contributed by atoms with Crippen molar-refractivity contribution in [2.45, 2.75) is 6.92 Å². The number of amides is 1. The molecule has 7 heteroatoms. The van der Waals surface area contributed by atoms with E-state index in [-0.39, 0.29) is 11.1 Å². The molecule has 1 aromatic carbocycles. The maximum atomic E-state index is 12.0. The first-order valence-electron chi connectivity index (χ1n) is 7.36. The van der Waals surface area contributed by atoms with Gasteiger partial charge in [-0.2, -0.15) is 5.10 Å². The van der Waals surface area contributed by atoms with Crippen LogP contribution in [0.5, 0.6) is 11.5 Å². The first-order valence-corrected chi connectivity index (χ1v) is 7.36. The Labute approximate surface area is 139 Å². The number of methoxy groups -OCH3 is 1. The average Bonchev–Trinajstić information content (AvgIpc) is 2.58. The minimum Gasteiger partial charge on any atom is -0.493 e. The molecule has 24 heavy (non-hydrogen) atoms. The summed E-state index contributed by atoms with van der Waals surface area (Å²) in [6, 6.07) is 8.35. The van der Waals surface area contributed by atoms with Crippen LogP contribution in [0, 0.1) is 0 Å². The molecule has 0 saturated heterocycles. The van der Waals surface area contributed by atoms with Crippen LogP contribution in [0.1, 0.15) is 22.8 Å². The smallest absolute Gasteiger partial charge is 0.276 e. The zero-order valence-corrected chi connectivity index (χ0v) is 13.8. The summed E-state index contributed by atoms with van der Waals surface area (Å²) in [4.78, 5) is 23.8. The third kappa shape index (κ3) is 4.01. The summed E-state index contributed by atoms with van der Waals surface area (Å²) in [6.07, 6.45) is 3.04. The van der Waals surface area contributed by atoms with Gasteiger partial charge < -0.3 is 14.0 Å². The van der Waals surface area contributed by atoms with Crippen LogP contribution in [-0.4, -0.2) is 30.4 Å². The number of hydrogen-bond acceptors (Lipinski definition) is 5. The molecule has 0 unspecified atom stereocenters. The molecule has 0 aliphatic rings. The zero-order valence-electron chi connectivity index (χ0n) is 13.8. The number of nitrogens with zero attached hydrogens (tertiary/aromatic N) is 2. The molecule has 0 radical (unpaired) electrons. The minimum absolute atomic E-state index is 0.0295. The Bertz CT molecular complexity index is 812. The Hall–Kier alpha value is -3.09. The Balaban J connectivity index is 2.11. The van der Waals surface area contributed by atoms with Gasteiger partial charge in [0.25, 0.3) is 11.5 Å². The van der Waals surface area contributed by atoms with Gasteiger partial charge in [-0.3, -0.25) is 9.59 Å². The van der Waals surface area contributed by atoms with Crippen LogP contribution in [0.4, 0.5) is 0 Å². The third-order valence-corrected chi connectivity index (χ3v) is 3.24. The second kappa shape index (κ2) is 7.96. The monoisotopic (exact) mass is 329 g/mol. The highest BCUT2D eigenvalue weighted by Gasteiger charge is 2.10. The van der Waals surface area contributed by atoms with E-state index >= 15 is 0 Å². The van der Waals surface area contributed by atoms with Gasteiger partial charge in [0.15, 0.2) is 11.5 Å². The highest BCUT2D eigenvalue weighted by Crippen LogP contribution is 2.27. The van der Waals surface area contributed by atoms with Gasteiger partial charge in [-0.25, -0.2) is 5.43 Å². The van der Waals surface area contributed by atoms with Crippen LogP contribution < -0.4 is 20.5 Å². The highest BCUT2D eigenvalue weighted by atomic mass is 16.5. The van der Waals surface area contributed by atoms with E-state index in [2.05, 4.69) is 10.5 Å². The van der Waals surface area contributed by atoms with Crippen molar-refractivity contribution in [2.75, 3.05) is 13.7 Å². The number of hydrazone groups is 1. The van der Waals surface area contributed by atoms with E-state index in [4.69, 9.17) is 9.47 Å². The molecule has 0 aliphatic carbocycles. The highest BCUT2D eigenvalue weighted by molar-refractivity contribution is 5.94. The fraction of sp³-hybridized carbons (Fsp3) is 0.235. The SMILES string of the molecule is CCOc1cc(/C=N\NC(=O)c2cccn(C)c2=O)ccc1OC. The van der Waals surface area contributed by atoms with Crippen LogP contribution >= 0.6 is 0 Å². The summed E-state index contributed by atoms with van der Waals surface area (Å²) in [6.45, 7) is 2.38. The molecule has 1 aromatic heterocycles. The van der Waals surface area contributed by atoms with Gasteiger partial charge in [0.05, 0.1) is 19.9 Å². The molecule has 0 atom stereocenters. The number of aromatic nitrogens is 1. The molecule has 2 aromatic rings. The minimum atomic E-state index is -0.564. The van der Waals surface area contributed by atoms with E-state index in [1.54, 1.807) is 44.6 Å². The second-order valence-corrected chi connectivity index (χ2v) is 4.88. The van der Waals surface area contributed by atoms with Crippen molar-refractivity contribution in [3.63, 3.8) is 0 Å². The van der Waals surface area contributed by atoms with Gasteiger partial charge in [0.1, 0.15) is 5.56 Å². The maximum absolute atomic E-state index is 12.0. The predicted octanol–water partition coefficient (Wildman–Crippen LogP) is 1.56. The van der Waals surface area contributed by atoms with E-state index in [0.29, 0.717) is 18.1 Å². The summed E-state index contributed by atoms with van der Waals surface area (Å²) < 4.78 is 12.0. The summed E-state index contributed by atoms with van der Waals surface area (Å²) in [5, 5.41) is 3.88. The molecule has 2 rings (SSSR count). The molecule has 1 heterocycles. The molecule has 7 nitrogen and oxygen atoms in total. The Morgan fingerprint density at radius 1 is 1.33 bits per heavy atom. The fourth-order valence-electron chi connectivity index (χ4n) is 2.04. The average molecular weight is 329 g/mol. The van der Waals surface area contributed by atoms with Gasteiger partial charge in [-0.15, -0.1) is 0 Å². The number of ether oxygens (including phenoxy) is 2. The molecule has 0 fully saturated rings. The van der Waals surface area contributed by atoms with Gasteiger partial charge in [0, 0.05) is 13.2 Å². The molecular formula is C17H19N3O4. The standard InChI is InChI=1S/C17H19N3O4/c1-4-24-15-10-12(7-8-14(15)23-3)11-18-19-16(21)13-6-5-9-20(2)17(13)22/h5-11H,4H2,1-3H3,(H,19,21)/b18-11-. The third-order valence-electron chi connectivity index (χ3n) is 3.24. The quantitative estimate of drug-likeness (QED) is 0.644. The lowest BCUT2D eigenvalue weighted by Crippen LogP contribution is -2.29. The van der Waals surface area contributed by atoms with Crippen molar-refractivity contribution < 1.29 is 14.3 Å². The second-order valence-electron chi connectivity index (χ2n) is 4.88. The number of rotatable bonds is 6. The number of pyridine rings is 1. The summed E-state index contributed by atoms with van der Waals surface area (Å²) in [5.41, 5.74) is 2.71. The Morgan fingerprint density at radius 2 is 2.12 bits per heavy atom. The van der Waals surface area contributed by atoms with Crippen molar-refractivity contribution in [1.82, 2.24) is 9.99 Å². The number of hydrogen-bond donors (Lipinski definition) is 1. The largest absolute Gasteiger partial charge is 0.493 e. The van der Waals surface area contributed by atoms with Crippen molar-refractivity contribution in [3.05, 3.63) is 58.0 Å². The molecule has 1 N–H and O–H groups in total. The lowest BCUT2D eigenvalue weighted by molar-refractivity contribution is 0.0953. The number of aryl methyl sites for hydroxylation is 1. The van der Waals surface area contributed by atoms with E-state index in [0.717, 1.165) is 5.56 Å².